The Bertz CT molecular complexity index is 360. The van der Waals surface area contributed by atoms with Crippen LogP contribution >= 0.6 is 12.6 Å². The fourth-order valence-corrected chi connectivity index (χ4v) is 1.61. The molecule has 1 aromatic rings. The summed E-state index contributed by atoms with van der Waals surface area (Å²) < 4.78 is 5.36. The Labute approximate surface area is 106 Å². The smallest absolute Gasteiger partial charge is 0.406 e. The van der Waals surface area contributed by atoms with Gasteiger partial charge in [0.2, 0.25) is 5.75 Å². The van der Waals surface area contributed by atoms with Gasteiger partial charge in [0.25, 0.3) is 0 Å². The summed E-state index contributed by atoms with van der Waals surface area (Å²) in [5.74, 6) is 0.920. The van der Waals surface area contributed by atoms with Gasteiger partial charge in [0.1, 0.15) is 6.20 Å². The highest BCUT2D eigenvalue weighted by molar-refractivity contribution is 7.80. The zero-order valence-electron chi connectivity index (χ0n) is 9.54. The van der Waals surface area contributed by atoms with Crippen LogP contribution in [0, 0.1) is 10.1 Å². The molecule has 0 saturated carbocycles. The van der Waals surface area contributed by atoms with Crippen LogP contribution in [-0.2, 0) is 0 Å². The number of aromatic nitrogens is 1. The zero-order chi connectivity index (χ0) is 12.5. The van der Waals surface area contributed by atoms with Gasteiger partial charge in [-0.2, -0.15) is 12.6 Å². The molecule has 0 aliphatic carbocycles. The second-order valence-electron chi connectivity index (χ2n) is 3.57. The molecular formula is C11H16N2O3S. The van der Waals surface area contributed by atoms with E-state index in [-0.39, 0.29) is 11.6 Å². The molecule has 0 atom stereocenters. The van der Waals surface area contributed by atoms with Gasteiger partial charge in [-0.1, -0.05) is 12.8 Å². The number of rotatable bonds is 8. The molecule has 1 aromatic heterocycles. The summed E-state index contributed by atoms with van der Waals surface area (Å²) in [6, 6.07) is 3.20. The molecule has 6 heteroatoms. The van der Waals surface area contributed by atoms with Crippen molar-refractivity contribution in [3.63, 3.8) is 0 Å². The topological polar surface area (TPSA) is 65.3 Å². The first-order chi connectivity index (χ1) is 8.25. The molecule has 0 radical (unpaired) electrons. The number of ether oxygens (including phenoxy) is 1. The van der Waals surface area contributed by atoms with Gasteiger partial charge < -0.3 is 14.9 Å². The van der Waals surface area contributed by atoms with Gasteiger partial charge in [-0.15, -0.1) is 0 Å². The molecule has 0 spiro atoms. The van der Waals surface area contributed by atoms with Crippen molar-refractivity contribution in [1.29, 1.82) is 0 Å². The Kier molecular flexibility index (Phi) is 6.39. The monoisotopic (exact) mass is 256 g/mol. The Morgan fingerprint density at radius 2 is 2.12 bits per heavy atom. The summed E-state index contributed by atoms with van der Waals surface area (Å²) in [5, 5.41) is 10.7. The van der Waals surface area contributed by atoms with Gasteiger partial charge in [-0.3, -0.25) is 0 Å². The summed E-state index contributed by atoms with van der Waals surface area (Å²) in [6.45, 7) is 0.485. The van der Waals surface area contributed by atoms with Gasteiger partial charge in [-0.25, -0.2) is 0 Å². The van der Waals surface area contributed by atoms with Crippen molar-refractivity contribution >= 4 is 18.4 Å². The van der Waals surface area contributed by atoms with E-state index in [1.807, 2.05) is 0 Å². The molecular weight excluding hydrogens is 240 g/mol. The lowest BCUT2D eigenvalue weighted by molar-refractivity contribution is -0.390. The minimum Gasteiger partial charge on any atom is -0.486 e. The van der Waals surface area contributed by atoms with Crippen LogP contribution in [0.25, 0.3) is 0 Å². The molecule has 0 saturated heterocycles. The maximum atomic E-state index is 10.7. The molecule has 0 amide bonds. The Balaban J connectivity index is 2.34. The highest BCUT2D eigenvalue weighted by atomic mass is 32.1. The standard InChI is InChI=1S/C11H16N2O3S/c14-13(15)11-10(6-5-7-12-11)16-8-3-1-2-4-9-17/h5-7,17H,1-4,8-9H2. The molecule has 0 N–H and O–H groups in total. The van der Waals surface area contributed by atoms with Crippen LogP contribution in [0.5, 0.6) is 5.75 Å². The van der Waals surface area contributed by atoms with Gasteiger partial charge in [0, 0.05) is 0 Å². The fourth-order valence-electron chi connectivity index (χ4n) is 1.38. The number of hydrogen-bond acceptors (Lipinski definition) is 5. The summed E-state index contributed by atoms with van der Waals surface area (Å²) >= 11 is 4.12. The van der Waals surface area contributed by atoms with Crippen LogP contribution in [-0.4, -0.2) is 22.3 Å². The fraction of sp³-hybridized carbons (Fsp3) is 0.545. The largest absolute Gasteiger partial charge is 0.486 e. The molecule has 0 fully saturated rings. The van der Waals surface area contributed by atoms with Crippen molar-refractivity contribution in [1.82, 2.24) is 4.98 Å². The Morgan fingerprint density at radius 1 is 1.35 bits per heavy atom. The first-order valence-corrected chi connectivity index (χ1v) is 6.22. The highest BCUT2D eigenvalue weighted by Gasteiger charge is 2.14. The van der Waals surface area contributed by atoms with E-state index >= 15 is 0 Å². The maximum Gasteiger partial charge on any atom is 0.406 e. The minimum atomic E-state index is -0.532. The van der Waals surface area contributed by atoms with Crippen LogP contribution in [0.1, 0.15) is 25.7 Å². The van der Waals surface area contributed by atoms with Gasteiger partial charge in [-0.05, 0) is 40.6 Å². The molecule has 5 nitrogen and oxygen atoms in total. The molecule has 1 heterocycles. The summed E-state index contributed by atoms with van der Waals surface area (Å²) in [4.78, 5) is 13.8. The zero-order valence-corrected chi connectivity index (χ0v) is 10.4. The number of thiol groups is 1. The van der Waals surface area contributed by atoms with Crippen molar-refractivity contribution in [2.24, 2.45) is 0 Å². The summed E-state index contributed by atoms with van der Waals surface area (Å²) in [5.41, 5.74) is 0. The van der Waals surface area contributed by atoms with Crippen LogP contribution in [0.15, 0.2) is 18.3 Å². The normalized spacial score (nSPS) is 10.2. The summed E-state index contributed by atoms with van der Waals surface area (Å²) in [7, 11) is 0. The first-order valence-electron chi connectivity index (χ1n) is 5.58. The van der Waals surface area contributed by atoms with E-state index in [1.165, 1.54) is 6.20 Å². The molecule has 0 unspecified atom stereocenters. The van der Waals surface area contributed by atoms with Gasteiger partial charge in [0.15, 0.2) is 0 Å². The molecule has 17 heavy (non-hydrogen) atoms. The number of nitro groups is 1. The van der Waals surface area contributed by atoms with Crippen LogP contribution in [0.2, 0.25) is 0 Å². The highest BCUT2D eigenvalue weighted by Crippen LogP contribution is 2.23. The minimum absolute atomic E-state index is 0.220. The lowest BCUT2D eigenvalue weighted by Gasteiger charge is -2.05. The molecule has 0 aliphatic heterocycles. The third kappa shape index (κ3) is 5.04. The van der Waals surface area contributed by atoms with Crippen molar-refractivity contribution in [2.75, 3.05) is 12.4 Å². The molecule has 0 bridgehead atoms. The number of unbranched alkanes of at least 4 members (excludes halogenated alkanes) is 3. The maximum absolute atomic E-state index is 10.7. The third-order valence-electron chi connectivity index (χ3n) is 2.23. The van der Waals surface area contributed by atoms with Crippen LogP contribution in [0.4, 0.5) is 5.82 Å². The van der Waals surface area contributed by atoms with E-state index in [1.54, 1.807) is 12.1 Å². The molecule has 1 rings (SSSR count). The van der Waals surface area contributed by atoms with Crippen LogP contribution < -0.4 is 4.74 Å². The Hall–Kier alpha value is -1.30. The van der Waals surface area contributed by atoms with E-state index in [0.717, 1.165) is 31.4 Å². The first kappa shape index (κ1) is 13.8. The quantitative estimate of drug-likeness (QED) is 0.336. The van der Waals surface area contributed by atoms with Crippen molar-refractivity contribution in [2.45, 2.75) is 25.7 Å². The average molecular weight is 256 g/mol. The Morgan fingerprint density at radius 3 is 2.82 bits per heavy atom. The lowest BCUT2D eigenvalue weighted by Crippen LogP contribution is -2.01. The van der Waals surface area contributed by atoms with Gasteiger partial charge >= 0.3 is 5.82 Å². The molecule has 94 valence electrons. The van der Waals surface area contributed by atoms with E-state index in [4.69, 9.17) is 4.74 Å². The lowest BCUT2D eigenvalue weighted by atomic mass is 10.2. The van der Waals surface area contributed by atoms with Crippen LogP contribution in [0.3, 0.4) is 0 Å². The van der Waals surface area contributed by atoms with E-state index in [0.29, 0.717) is 6.61 Å². The third-order valence-corrected chi connectivity index (χ3v) is 2.55. The van der Waals surface area contributed by atoms with Crippen molar-refractivity contribution in [3.05, 3.63) is 28.4 Å². The average Bonchev–Trinajstić information content (AvgIpc) is 2.34. The van der Waals surface area contributed by atoms with Crippen molar-refractivity contribution < 1.29 is 9.66 Å². The SMILES string of the molecule is O=[N+]([O-])c1ncccc1OCCCCCCS. The van der Waals surface area contributed by atoms with E-state index in [9.17, 15) is 10.1 Å². The second kappa shape index (κ2) is 7.89. The molecule has 0 aromatic carbocycles. The van der Waals surface area contributed by atoms with Crippen molar-refractivity contribution in [3.8, 4) is 5.75 Å². The van der Waals surface area contributed by atoms with E-state index < -0.39 is 4.92 Å². The number of pyridine rings is 1. The predicted molar refractivity (Wildman–Crippen MR) is 68.7 cm³/mol. The molecule has 0 aliphatic rings. The number of hydrogen-bond donors (Lipinski definition) is 1. The predicted octanol–water partition coefficient (Wildman–Crippen LogP) is 2.86. The summed E-state index contributed by atoms with van der Waals surface area (Å²) in [6.07, 6.45) is 5.53. The van der Waals surface area contributed by atoms with E-state index in [2.05, 4.69) is 17.6 Å². The van der Waals surface area contributed by atoms with Gasteiger partial charge in [0.05, 0.1) is 6.61 Å². The number of nitrogens with zero attached hydrogens (tertiary/aromatic N) is 2. The second-order valence-corrected chi connectivity index (χ2v) is 4.02.